The van der Waals surface area contributed by atoms with Crippen LogP contribution in [0.2, 0.25) is 0 Å². The first kappa shape index (κ1) is 26.9. The Morgan fingerprint density at radius 2 is 1.77 bits per heavy atom. The van der Waals surface area contributed by atoms with Crippen LogP contribution in [0.4, 0.5) is 11.6 Å². The average molecular weight is 546 g/mol. The van der Waals surface area contributed by atoms with Gasteiger partial charge in [0.05, 0.1) is 17.3 Å². The highest BCUT2D eigenvalue weighted by Gasteiger charge is 2.33. The maximum absolute atomic E-state index is 14.2. The van der Waals surface area contributed by atoms with E-state index < -0.39 is 0 Å². The summed E-state index contributed by atoms with van der Waals surface area (Å²) in [6, 6.07) is 10.2. The van der Waals surface area contributed by atoms with Crippen molar-refractivity contribution in [2.45, 2.75) is 65.0 Å². The van der Waals surface area contributed by atoms with E-state index >= 15 is 0 Å². The number of fused-ring (bicyclic) bond motifs is 4. The largest absolute Gasteiger partial charge is 0.491 e. The van der Waals surface area contributed by atoms with Gasteiger partial charge in [-0.25, -0.2) is 4.98 Å². The lowest BCUT2D eigenvalue weighted by Crippen LogP contribution is -2.47. The van der Waals surface area contributed by atoms with Crippen LogP contribution in [0.1, 0.15) is 74.1 Å². The molecule has 0 N–H and O–H groups in total. The minimum absolute atomic E-state index is 0.0202. The molecule has 0 spiro atoms. The number of rotatable bonds is 1. The first-order chi connectivity index (χ1) is 19.2. The zero-order chi connectivity index (χ0) is 28.0. The summed E-state index contributed by atoms with van der Waals surface area (Å²) >= 11 is 0. The number of aromatic nitrogens is 3. The van der Waals surface area contributed by atoms with Gasteiger partial charge >= 0.3 is 0 Å². The summed E-state index contributed by atoms with van der Waals surface area (Å²) in [4.78, 5) is 28.3. The molecule has 9 nitrogen and oxygen atoms in total. The van der Waals surface area contributed by atoms with E-state index in [1.807, 2.05) is 34.5 Å². The Balaban J connectivity index is 1.47. The summed E-state index contributed by atoms with van der Waals surface area (Å²) in [7, 11) is 2.14. The summed E-state index contributed by atoms with van der Waals surface area (Å²) in [5.74, 6) is 2.72. The Morgan fingerprint density at radius 1 is 0.950 bits per heavy atom. The molecule has 1 amide bonds. The van der Waals surface area contributed by atoms with Gasteiger partial charge in [-0.15, -0.1) is 0 Å². The number of benzene rings is 1. The average Bonchev–Trinajstić information content (AvgIpc) is 3.32. The lowest BCUT2D eigenvalue weighted by Gasteiger charge is -2.37. The van der Waals surface area contributed by atoms with E-state index in [9.17, 15) is 4.79 Å². The SMILES string of the molecule is Cc1ccc2c(c1)C(=O)N1CCCCC1c1cc3nc(N4CCC4)cc(n3n1)N(C)CCN(C(C)(C)C)CCO2. The Morgan fingerprint density at radius 3 is 2.52 bits per heavy atom. The molecular weight excluding hydrogens is 502 g/mol. The molecular formula is C31H43N7O2. The number of likely N-dealkylation sites (N-methyl/N-ethyl adjacent to an activating group) is 1. The lowest BCUT2D eigenvalue weighted by atomic mass is 9.97. The van der Waals surface area contributed by atoms with Crippen LogP contribution in [-0.2, 0) is 0 Å². The van der Waals surface area contributed by atoms with Crippen LogP contribution < -0.4 is 14.5 Å². The highest BCUT2D eigenvalue weighted by Crippen LogP contribution is 2.35. The molecule has 0 aliphatic carbocycles. The van der Waals surface area contributed by atoms with Gasteiger partial charge in [0.2, 0.25) is 0 Å². The van der Waals surface area contributed by atoms with Crippen LogP contribution >= 0.6 is 0 Å². The third kappa shape index (κ3) is 5.11. The van der Waals surface area contributed by atoms with Gasteiger partial charge in [0.1, 0.15) is 24.0 Å². The molecule has 2 saturated heterocycles. The first-order valence-electron chi connectivity index (χ1n) is 14.9. The molecule has 1 atom stereocenters. The number of hydrogen-bond acceptors (Lipinski definition) is 7. The van der Waals surface area contributed by atoms with Crippen LogP contribution in [0.5, 0.6) is 5.75 Å². The molecule has 2 bridgehead atoms. The maximum Gasteiger partial charge on any atom is 0.258 e. The first-order valence-corrected chi connectivity index (χ1v) is 14.9. The number of ether oxygens (including phenoxy) is 1. The highest BCUT2D eigenvalue weighted by molar-refractivity contribution is 5.97. The van der Waals surface area contributed by atoms with E-state index in [0.717, 1.165) is 80.5 Å². The number of nitrogens with zero attached hydrogens (tertiary/aromatic N) is 7. The minimum atomic E-state index is -0.0915. The number of aryl methyl sites for hydroxylation is 1. The van der Waals surface area contributed by atoms with E-state index in [-0.39, 0.29) is 17.5 Å². The van der Waals surface area contributed by atoms with E-state index in [1.165, 1.54) is 6.42 Å². The van der Waals surface area contributed by atoms with Crippen molar-refractivity contribution in [2.24, 2.45) is 0 Å². The second kappa shape index (κ2) is 10.6. The Bertz CT molecular complexity index is 1390. The van der Waals surface area contributed by atoms with Gasteiger partial charge in [-0.3, -0.25) is 9.69 Å². The van der Waals surface area contributed by atoms with Gasteiger partial charge in [-0.1, -0.05) is 11.6 Å². The molecule has 6 rings (SSSR count). The second-order valence-corrected chi connectivity index (χ2v) is 12.6. The number of anilines is 2. The van der Waals surface area contributed by atoms with Gasteiger partial charge in [0.25, 0.3) is 5.91 Å². The van der Waals surface area contributed by atoms with E-state index in [2.05, 4.69) is 54.7 Å². The molecule has 2 aromatic heterocycles. The number of carbonyl (C=O) groups excluding carboxylic acids is 1. The molecule has 3 aromatic rings. The normalized spacial score (nSPS) is 21.3. The zero-order valence-electron chi connectivity index (χ0n) is 24.7. The maximum atomic E-state index is 14.2. The summed E-state index contributed by atoms with van der Waals surface area (Å²) in [5.41, 5.74) is 3.42. The fourth-order valence-electron chi connectivity index (χ4n) is 6.11. The smallest absolute Gasteiger partial charge is 0.258 e. The van der Waals surface area contributed by atoms with Crippen molar-refractivity contribution in [3.05, 3.63) is 47.2 Å². The monoisotopic (exact) mass is 545 g/mol. The van der Waals surface area contributed by atoms with Crippen molar-refractivity contribution in [3.63, 3.8) is 0 Å². The van der Waals surface area contributed by atoms with Gasteiger partial charge in [-0.2, -0.15) is 9.61 Å². The molecule has 3 aliphatic heterocycles. The second-order valence-electron chi connectivity index (χ2n) is 12.6. The number of carbonyl (C=O) groups is 1. The summed E-state index contributed by atoms with van der Waals surface area (Å²) in [5, 5.41) is 5.13. The number of amides is 1. The third-order valence-electron chi connectivity index (χ3n) is 8.73. The predicted octanol–water partition coefficient (Wildman–Crippen LogP) is 4.54. The fraction of sp³-hybridized carbons (Fsp3) is 0.581. The standard InChI is InChI=1S/C31H43N7O2/c1-22-10-11-26-23(19-22)30(39)37-14-7-6-9-25(37)24-20-28-32-27(35-12-8-13-35)21-29(38(28)33-24)34(5)15-16-36(17-18-40-26)31(2,3)4/h10-11,19-21,25H,6-9,12-18H2,1-5H3. The summed E-state index contributed by atoms with van der Waals surface area (Å²) in [6.07, 6.45) is 4.15. The highest BCUT2D eigenvalue weighted by atomic mass is 16.5. The summed E-state index contributed by atoms with van der Waals surface area (Å²) in [6.45, 7) is 14.5. The third-order valence-corrected chi connectivity index (χ3v) is 8.73. The molecule has 0 radical (unpaired) electrons. The Hall–Kier alpha value is -3.33. The van der Waals surface area contributed by atoms with Crippen LogP contribution in [0.25, 0.3) is 5.65 Å². The van der Waals surface area contributed by atoms with Gasteiger partial charge in [-0.05, 0) is 65.5 Å². The Labute approximate surface area is 237 Å². The Kier molecular flexibility index (Phi) is 7.10. The molecule has 0 saturated carbocycles. The topological polar surface area (TPSA) is 69.5 Å². The van der Waals surface area contributed by atoms with Crippen LogP contribution in [0.15, 0.2) is 30.3 Å². The molecule has 1 unspecified atom stereocenters. The molecule has 40 heavy (non-hydrogen) atoms. The van der Waals surface area contributed by atoms with E-state index in [4.69, 9.17) is 14.8 Å². The zero-order valence-corrected chi connectivity index (χ0v) is 24.7. The van der Waals surface area contributed by atoms with Gasteiger partial charge in [0, 0.05) is 64.0 Å². The molecule has 5 heterocycles. The van der Waals surface area contributed by atoms with Gasteiger partial charge < -0.3 is 19.4 Å². The lowest BCUT2D eigenvalue weighted by molar-refractivity contribution is 0.0598. The fourth-order valence-corrected chi connectivity index (χ4v) is 6.11. The molecule has 2 fully saturated rings. The van der Waals surface area contributed by atoms with E-state index in [0.29, 0.717) is 24.5 Å². The van der Waals surface area contributed by atoms with Crippen molar-refractivity contribution in [1.29, 1.82) is 0 Å². The van der Waals surface area contributed by atoms with Crippen molar-refractivity contribution in [3.8, 4) is 5.75 Å². The molecule has 214 valence electrons. The number of piperidine rings is 1. The van der Waals surface area contributed by atoms with Crippen molar-refractivity contribution >= 4 is 23.2 Å². The van der Waals surface area contributed by atoms with Crippen LogP contribution in [-0.4, -0.2) is 88.8 Å². The van der Waals surface area contributed by atoms with E-state index in [1.54, 1.807) is 0 Å². The molecule has 1 aromatic carbocycles. The van der Waals surface area contributed by atoms with Crippen molar-refractivity contribution in [1.82, 2.24) is 24.4 Å². The predicted molar refractivity (Wildman–Crippen MR) is 159 cm³/mol. The van der Waals surface area contributed by atoms with Crippen LogP contribution in [0, 0.1) is 6.92 Å². The van der Waals surface area contributed by atoms with Gasteiger partial charge in [0.15, 0.2) is 5.65 Å². The molecule has 9 heteroatoms. The summed E-state index contributed by atoms with van der Waals surface area (Å²) < 4.78 is 8.34. The number of hydrogen-bond donors (Lipinski definition) is 0. The quantitative estimate of drug-likeness (QED) is 0.445. The molecule has 3 aliphatic rings. The van der Waals surface area contributed by atoms with Crippen molar-refractivity contribution in [2.75, 3.05) is 62.7 Å². The van der Waals surface area contributed by atoms with Crippen LogP contribution in [0.3, 0.4) is 0 Å². The minimum Gasteiger partial charge on any atom is -0.491 e. The van der Waals surface area contributed by atoms with Crippen molar-refractivity contribution < 1.29 is 9.53 Å².